The molecular formula is C13H15FN2O2. The lowest BCUT2D eigenvalue weighted by Gasteiger charge is -2.08. The predicted octanol–water partition coefficient (Wildman–Crippen LogP) is 1.17. The van der Waals surface area contributed by atoms with Gasteiger partial charge in [0.1, 0.15) is 5.82 Å². The maximum absolute atomic E-state index is 13.0. The summed E-state index contributed by atoms with van der Waals surface area (Å²) in [5.74, 6) is -1.11. The van der Waals surface area contributed by atoms with Gasteiger partial charge in [-0.25, -0.2) is 4.39 Å². The van der Waals surface area contributed by atoms with Crippen molar-refractivity contribution >= 4 is 11.8 Å². The molecule has 0 heterocycles. The van der Waals surface area contributed by atoms with Crippen LogP contribution in [0.3, 0.4) is 0 Å². The number of halogens is 1. The van der Waals surface area contributed by atoms with Gasteiger partial charge in [-0.3, -0.25) is 9.59 Å². The minimum atomic E-state index is -0.453. The van der Waals surface area contributed by atoms with Crippen molar-refractivity contribution in [3.05, 3.63) is 47.8 Å². The van der Waals surface area contributed by atoms with Gasteiger partial charge in [-0.1, -0.05) is 12.6 Å². The smallest absolute Gasteiger partial charge is 0.251 e. The first kappa shape index (κ1) is 13.9. The van der Waals surface area contributed by atoms with Crippen LogP contribution in [-0.2, 0) is 4.79 Å². The molecule has 0 aliphatic rings. The number of nitrogens with one attached hydrogen (secondary N) is 2. The fraction of sp³-hybridized carbons (Fsp3) is 0.231. The van der Waals surface area contributed by atoms with Crippen molar-refractivity contribution in [1.29, 1.82) is 0 Å². The Hall–Kier alpha value is -2.17. The highest BCUT2D eigenvalue weighted by molar-refractivity contribution is 5.95. The number of benzene rings is 1. The van der Waals surface area contributed by atoms with Gasteiger partial charge in [-0.15, -0.1) is 0 Å². The molecule has 0 aliphatic heterocycles. The molecule has 4 nitrogen and oxygen atoms in total. The number of hydrogen-bond donors (Lipinski definition) is 2. The van der Waals surface area contributed by atoms with Gasteiger partial charge >= 0.3 is 0 Å². The van der Waals surface area contributed by atoms with Gasteiger partial charge in [0.15, 0.2) is 0 Å². The first-order valence-corrected chi connectivity index (χ1v) is 5.49. The predicted molar refractivity (Wildman–Crippen MR) is 66.7 cm³/mol. The van der Waals surface area contributed by atoms with E-state index in [-0.39, 0.29) is 18.4 Å². The number of aryl methyl sites for hydroxylation is 1. The fourth-order valence-electron chi connectivity index (χ4n) is 1.37. The molecule has 0 spiro atoms. The summed E-state index contributed by atoms with van der Waals surface area (Å²) in [6.07, 6.45) is 1.15. The first-order chi connectivity index (χ1) is 8.54. The summed E-state index contributed by atoms with van der Waals surface area (Å²) in [7, 11) is 0. The van der Waals surface area contributed by atoms with E-state index in [1.54, 1.807) is 13.0 Å². The summed E-state index contributed by atoms with van der Waals surface area (Å²) in [5.41, 5.74) is 0.995. The van der Waals surface area contributed by atoms with Crippen LogP contribution in [0.15, 0.2) is 30.9 Å². The molecule has 0 atom stereocenters. The second kappa shape index (κ2) is 6.54. The molecule has 0 saturated heterocycles. The van der Waals surface area contributed by atoms with Gasteiger partial charge in [0.25, 0.3) is 5.91 Å². The highest BCUT2D eigenvalue weighted by Crippen LogP contribution is 2.09. The number of carbonyl (C=O) groups excluding carboxylic acids is 2. The Morgan fingerprint density at radius 3 is 2.67 bits per heavy atom. The van der Waals surface area contributed by atoms with E-state index in [1.165, 1.54) is 12.1 Å². The molecule has 1 rings (SSSR count). The van der Waals surface area contributed by atoms with Gasteiger partial charge in [0.2, 0.25) is 5.91 Å². The second-order valence-electron chi connectivity index (χ2n) is 3.71. The monoisotopic (exact) mass is 250 g/mol. The van der Waals surface area contributed by atoms with E-state index in [0.717, 1.165) is 6.08 Å². The standard InChI is InChI=1S/C13H15FN2O2/c1-3-12(17)15-6-7-16-13(18)11-8-10(14)5-4-9(11)2/h3-5,8H,1,6-7H2,2H3,(H,15,17)(H,16,18). The SMILES string of the molecule is C=CC(=O)NCCNC(=O)c1cc(F)ccc1C. The lowest BCUT2D eigenvalue weighted by atomic mass is 10.1. The van der Waals surface area contributed by atoms with Crippen LogP contribution in [0, 0.1) is 12.7 Å². The average Bonchev–Trinajstić information content (AvgIpc) is 2.36. The first-order valence-electron chi connectivity index (χ1n) is 5.49. The van der Waals surface area contributed by atoms with Crippen molar-refractivity contribution < 1.29 is 14.0 Å². The van der Waals surface area contributed by atoms with Gasteiger partial charge in [0, 0.05) is 18.7 Å². The summed E-state index contributed by atoms with van der Waals surface area (Å²) < 4.78 is 13.0. The van der Waals surface area contributed by atoms with Crippen LogP contribution in [0.5, 0.6) is 0 Å². The lowest BCUT2D eigenvalue weighted by molar-refractivity contribution is -0.116. The Balaban J connectivity index is 2.48. The van der Waals surface area contributed by atoms with Gasteiger partial charge < -0.3 is 10.6 Å². The number of carbonyl (C=O) groups is 2. The van der Waals surface area contributed by atoms with Crippen LogP contribution < -0.4 is 10.6 Å². The Kier molecular flexibility index (Phi) is 5.05. The molecular weight excluding hydrogens is 235 g/mol. The van der Waals surface area contributed by atoms with Gasteiger partial charge in [0.05, 0.1) is 0 Å². The molecule has 2 amide bonds. The van der Waals surface area contributed by atoms with E-state index in [4.69, 9.17) is 0 Å². The minimum Gasteiger partial charge on any atom is -0.351 e. The zero-order chi connectivity index (χ0) is 13.5. The molecule has 0 bridgehead atoms. The van der Waals surface area contributed by atoms with Crippen LogP contribution in [0.4, 0.5) is 4.39 Å². The maximum atomic E-state index is 13.0. The lowest BCUT2D eigenvalue weighted by Crippen LogP contribution is -2.34. The Morgan fingerprint density at radius 1 is 1.33 bits per heavy atom. The van der Waals surface area contributed by atoms with Crippen LogP contribution >= 0.6 is 0 Å². The van der Waals surface area contributed by atoms with Crippen LogP contribution in [0.25, 0.3) is 0 Å². The molecule has 18 heavy (non-hydrogen) atoms. The van der Waals surface area contributed by atoms with Gasteiger partial charge in [-0.05, 0) is 30.7 Å². The molecule has 1 aromatic rings. The second-order valence-corrected chi connectivity index (χ2v) is 3.71. The molecule has 0 unspecified atom stereocenters. The van der Waals surface area contributed by atoms with E-state index in [2.05, 4.69) is 17.2 Å². The largest absolute Gasteiger partial charge is 0.351 e. The summed E-state index contributed by atoms with van der Waals surface area (Å²) in [6, 6.07) is 4.03. The molecule has 0 aromatic heterocycles. The zero-order valence-corrected chi connectivity index (χ0v) is 10.1. The summed E-state index contributed by atoms with van der Waals surface area (Å²) in [5, 5.41) is 5.11. The third-order valence-electron chi connectivity index (χ3n) is 2.34. The Bertz CT molecular complexity index is 472. The van der Waals surface area contributed by atoms with Gasteiger partial charge in [-0.2, -0.15) is 0 Å². The average molecular weight is 250 g/mol. The van der Waals surface area contributed by atoms with E-state index < -0.39 is 5.82 Å². The van der Waals surface area contributed by atoms with E-state index in [9.17, 15) is 14.0 Å². The number of hydrogen-bond acceptors (Lipinski definition) is 2. The fourth-order valence-corrected chi connectivity index (χ4v) is 1.37. The molecule has 0 saturated carbocycles. The highest BCUT2D eigenvalue weighted by atomic mass is 19.1. The third-order valence-corrected chi connectivity index (χ3v) is 2.34. The molecule has 2 N–H and O–H groups in total. The van der Waals surface area contributed by atoms with Crippen molar-refractivity contribution in [2.45, 2.75) is 6.92 Å². The van der Waals surface area contributed by atoms with Crippen molar-refractivity contribution in [1.82, 2.24) is 10.6 Å². The zero-order valence-electron chi connectivity index (χ0n) is 10.1. The summed E-state index contributed by atoms with van der Waals surface area (Å²) >= 11 is 0. The normalized spacial score (nSPS) is 9.67. The Labute approximate surface area is 105 Å². The van der Waals surface area contributed by atoms with E-state index in [1.807, 2.05) is 0 Å². The summed E-state index contributed by atoms with van der Waals surface area (Å²) in [4.78, 5) is 22.6. The highest BCUT2D eigenvalue weighted by Gasteiger charge is 2.09. The van der Waals surface area contributed by atoms with E-state index >= 15 is 0 Å². The number of rotatable bonds is 5. The summed E-state index contributed by atoms with van der Waals surface area (Å²) in [6.45, 7) is 5.60. The molecule has 5 heteroatoms. The molecule has 96 valence electrons. The van der Waals surface area contributed by atoms with E-state index in [0.29, 0.717) is 17.7 Å². The van der Waals surface area contributed by atoms with Crippen molar-refractivity contribution in [3.8, 4) is 0 Å². The minimum absolute atomic E-state index is 0.272. The van der Waals surface area contributed by atoms with Crippen LogP contribution in [-0.4, -0.2) is 24.9 Å². The Morgan fingerprint density at radius 2 is 2.00 bits per heavy atom. The molecule has 0 aliphatic carbocycles. The van der Waals surface area contributed by atoms with Crippen molar-refractivity contribution in [3.63, 3.8) is 0 Å². The molecule has 1 aromatic carbocycles. The quantitative estimate of drug-likeness (QED) is 0.608. The molecule has 0 radical (unpaired) electrons. The van der Waals surface area contributed by atoms with Crippen molar-refractivity contribution in [2.24, 2.45) is 0 Å². The van der Waals surface area contributed by atoms with Crippen LogP contribution in [0.2, 0.25) is 0 Å². The third kappa shape index (κ3) is 4.01. The number of amides is 2. The van der Waals surface area contributed by atoms with Crippen LogP contribution in [0.1, 0.15) is 15.9 Å². The van der Waals surface area contributed by atoms with Crippen molar-refractivity contribution in [2.75, 3.05) is 13.1 Å². The molecule has 0 fully saturated rings. The maximum Gasteiger partial charge on any atom is 0.251 e. The topological polar surface area (TPSA) is 58.2 Å².